The van der Waals surface area contributed by atoms with E-state index in [1.165, 1.54) is 11.1 Å². The number of anilines is 1. The van der Waals surface area contributed by atoms with Gasteiger partial charge in [-0.25, -0.2) is 0 Å². The number of para-hydroxylation sites is 2. The molecule has 1 aliphatic heterocycles. The van der Waals surface area contributed by atoms with Gasteiger partial charge in [0.1, 0.15) is 12.7 Å². The number of ether oxygens (including phenoxy) is 2. The molecule has 1 heterocycles. The van der Waals surface area contributed by atoms with Gasteiger partial charge in [-0.3, -0.25) is 0 Å². The maximum Gasteiger partial charge on any atom is 0.161 e. The average Bonchev–Trinajstić information content (AvgIpc) is 3.18. The van der Waals surface area contributed by atoms with Crippen molar-refractivity contribution >= 4 is 5.69 Å². The zero-order valence-electron chi connectivity index (χ0n) is 18.6. The molecule has 0 aromatic heterocycles. The summed E-state index contributed by atoms with van der Waals surface area (Å²) < 4.78 is 11.5. The second-order valence-corrected chi connectivity index (χ2v) is 7.86. The molecule has 1 atom stereocenters. The van der Waals surface area contributed by atoms with Crippen LogP contribution in [0.4, 0.5) is 5.69 Å². The van der Waals surface area contributed by atoms with Crippen molar-refractivity contribution < 1.29 is 14.6 Å². The fraction of sp³-hybridized carbons (Fsp3) is 0.480. The van der Waals surface area contributed by atoms with Crippen LogP contribution in [0.1, 0.15) is 37.0 Å². The number of benzene rings is 2. The molecule has 166 valence electrons. The van der Waals surface area contributed by atoms with E-state index in [4.69, 9.17) is 14.6 Å². The van der Waals surface area contributed by atoms with Crippen molar-refractivity contribution in [3.05, 3.63) is 53.1 Å². The largest absolute Gasteiger partial charge is 0.490 e. The molecule has 6 heteroatoms. The van der Waals surface area contributed by atoms with Crippen LogP contribution in [0.15, 0.2) is 36.4 Å². The van der Waals surface area contributed by atoms with E-state index in [1.807, 2.05) is 37.3 Å². The van der Waals surface area contributed by atoms with Crippen molar-refractivity contribution in [3.8, 4) is 17.6 Å². The summed E-state index contributed by atoms with van der Waals surface area (Å²) in [5, 5.41) is 22.3. The van der Waals surface area contributed by atoms with Crippen LogP contribution in [0.5, 0.6) is 11.5 Å². The Morgan fingerprint density at radius 1 is 1.23 bits per heavy atom. The lowest BCUT2D eigenvalue weighted by atomic mass is 9.99. The van der Waals surface area contributed by atoms with Crippen LogP contribution in [0.2, 0.25) is 0 Å². The van der Waals surface area contributed by atoms with Gasteiger partial charge in [0.15, 0.2) is 11.5 Å². The van der Waals surface area contributed by atoms with Crippen LogP contribution >= 0.6 is 0 Å². The van der Waals surface area contributed by atoms with Crippen LogP contribution in [0.25, 0.3) is 0 Å². The van der Waals surface area contributed by atoms with Gasteiger partial charge in [0.25, 0.3) is 0 Å². The van der Waals surface area contributed by atoms with E-state index in [9.17, 15) is 5.26 Å². The van der Waals surface area contributed by atoms with Crippen LogP contribution in [-0.4, -0.2) is 50.6 Å². The molecule has 31 heavy (non-hydrogen) atoms. The Kier molecular flexibility index (Phi) is 8.57. The van der Waals surface area contributed by atoms with Gasteiger partial charge in [-0.2, -0.15) is 5.26 Å². The number of hydrogen-bond acceptors (Lipinski definition) is 6. The summed E-state index contributed by atoms with van der Waals surface area (Å²) in [5.41, 5.74) is 4.23. The molecule has 0 saturated carbocycles. The van der Waals surface area contributed by atoms with Crippen LogP contribution < -0.4 is 19.7 Å². The molecule has 1 aliphatic rings. The van der Waals surface area contributed by atoms with Gasteiger partial charge in [-0.1, -0.05) is 18.2 Å². The van der Waals surface area contributed by atoms with Gasteiger partial charge in [-0.05, 0) is 62.4 Å². The Hall–Kier alpha value is -2.75. The number of aliphatic hydroxyl groups is 1. The van der Waals surface area contributed by atoms with E-state index in [-0.39, 0.29) is 12.6 Å². The topological polar surface area (TPSA) is 77.8 Å². The van der Waals surface area contributed by atoms with Gasteiger partial charge < -0.3 is 24.8 Å². The Balaban J connectivity index is 1.52. The monoisotopic (exact) mass is 423 g/mol. The third-order valence-electron chi connectivity index (χ3n) is 5.47. The number of nitrogens with zero attached hydrogens (tertiary/aromatic N) is 2. The number of nitrogens with one attached hydrogen (secondary N) is 1. The molecule has 0 bridgehead atoms. The molecule has 6 nitrogen and oxygen atoms in total. The highest BCUT2D eigenvalue weighted by molar-refractivity contribution is 5.68. The molecule has 0 unspecified atom stereocenters. The molecule has 2 N–H and O–H groups in total. The summed E-state index contributed by atoms with van der Waals surface area (Å²) in [6.45, 7) is 7.90. The molecular formula is C25H33N3O3. The molecular weight excluding hydrogens is 390 g/mol. The van der Waals surface area contributed by atoms with Crippen molar-refractivity contribution in [2.24, 2.45) is 0 Å². The summed E-state index contributed by atoms with van der Waals surface area (Å²) >= 11 is 0. The molecule has 0 spiro atoms. The molecule has 0 aliphatic carbocycles. The average molecular weight is 424 g/mol. The first-order chi connectivity index (χ1) is 15.2. The highest BCUT2D eigenvalue weighted by Crippen LogP contribution is 2.33. The first kappa shape index (κ1) is 22.9. The lowest BCUT2D eigenvalue weighted by Gasteiger charge is -2.21. The molecule has 0 amide bonds. The Morgan fingerprint density at radius 2 is 2.00 bits per heavy atom. The first-order valence-electron chi connectivity index (χ1n) is 11.2. The molecule has 3 rings (SSSR count). The predicted octanol–water partition coefficient (Wildman–Crippen LogP) is 3.30. The molecule has 2 aromatic rings. The summed E-state index contributed by atoms with van der Waals surface area (Å²) in [5.74, 6) is 1.54. The van der Waals surface area contributed by atoms with Gasteiger partial charge >= 0.3 is 0 Å². The Bertz CT molecular complexity index is 894. The summed E-state index contributed by atoms with van der Waals surface area (Å²) in [4.78, 5) is 2.23. The number of hydrogen-bond donors (Lipinski definition) is 2. The zero-order chi connectivity index (χ0) is 22.1. The maximum absolute atomic E-state index is 9.68. The lowest BCUT2D eigenvalue weighted by molar-refractivity contribution is 0.272. The van der Waals surface area contributed by atoms with E-state index in [2.05, 4.69) is 29.3 Å². The van der Waals surface area contributed by atoms with Gasteiger partial charge in [0.05, 0.1) is 17.9 Å². The third kappa shape index (κ3) is 6.13. The fourth-order valence-corrected chi connectivity index (χ4v) is 4.12. The maximum atomic E-state index is 9.68. The van der Waals surface area contributed by atoms with Gasteiger partial charge in [0, 0.05) is 32.3 Å². The SMILES string of the molecule is CCOc1ccccc1OCCN[C@H](C)Cc1cc(C#N)c2c(c1)CCN2CCCO. The van der Waals surface area contributed by atoms with Crippen LogP contribution in [-0.2, 0) is 12.8 Å². The standard InChI is InChI=1S/C25H33N3O3/c1-3-30-23-7-4-5-8-24(23)31-14-10-27-19(2)15-20-16-21-9-12-28(11-6-13-29)25(21)22(17-20)18-26/h4-5,7-8,16-17,19,27,29H,3,6,9-15H2,1-2H3/t19-/m1/s1. The highest BCUT2D eigenvalue weighted by Gasteiger charge is 2.23. The van der Waals surface area contributed by atoms with Gasteiger partial charge in [0.2, 0.25) is 0 Å². The normalized spacial score (nSPS) is 13.5. The Labute approximate surface area is 185 Å². The predicted molar refractivity (Wildman–Crippen MR) is 123 cm³/mol. The minimum atomic E-state index is 0.177. The molecule has 0 saturated heterocycles. The number of nitriles is 1. The summed E-state index contributed by atoms with van der Waals surface area (Å²) in [6.07, 6.45) is 2.54. The van der Waals surface area contributed by atoms with Crippen molar-refractivity contribution in [2.45, 2.75) is 39.2 Å². The second kappa shape index (κ2) is 11.6. The van der Waals surface area contributed by atoms with Crippen molar-refractivity contribution in [3.63, 3.8) is 0 Å². The van der Waals surface area contributed by atoms with E-state index >= 15 is 0 Å². The molecule has 0 fully saturated rings. The highest BCUT2D eigenvalue weighted by atomic mass is 16.5. The fourth-order valence-electron chi connectivity index (χ4n) is 4.12. The second-order valence-electron chi connectivity index (χ2n) is 7.86. The number of aliphatic hydroxyl groups excluding tert-OH is 1. The minimum Gasteiger partial charge on any atom is -0.490 e. The number of rotatable bonds is 12. The Morgan fingerprint density at radius 3 is 2.71 bits per heavy atom. The molecule has 0 radical (unpaired) electrons. The quantitative estimate of drug-likeness (QED) is 0.510. The van der Waals surface area contributed by atoms with E-state index in [0.29, 0.717) is 13.2 Å². The molecule has 2 aromatic carbocycles. The minimum absolute atomic E-state index is 0.177. The van der Waals surface area contributed by atoms with Crippen molar-refractivity contribution in [1.29, 1.82) is 5.26 Å². The van der Waals surface area contributed by atoms with Crippen LogP contribution in [0.3, 0.4) is 0 Å². The third-order valence-corrected chi connectivity index (χ3v) is 5.47. The van der Waals surface area contributed by atoms with E-state index in [0.717, 1.165) is 61.6 Å². The first-order valence-corrected chi connectivity index (χ1v) is 11.2. The van der Waals surface area contributed by atoms with E-state index < -0.39 is 0 Å². The van der Waals surface area contributed by atoms with E-state index in [1.54, 1.807) is 0 Å². The smallest absolute Gasteiger partial charge is 0.161 e. The summed E-state index contributed by atoms with van der Waals surface area (Å²) in [7, 11) is 0. The number of fused-ring (bicyclic) bond motifs is 1. The van der Waals surface area contributed by atoms with Crippen molar-refractivity contribution in [2.75, 3.05) is 44.4 Å². The van der Waals surface area contributed by atoms with Crippen molar-refractivity contribution in [1.82, 2.24) is 5.32 Å². The lowest BCUT2D eigenvalue weighted by Crippen LogP contribution is -2.32. The van der Waals surface area contributed by atoms with Crippen LogP contribution in [0, 0.1) is 11.3 Å². The van der Waals surface area contributed by atoms with Gasteiger partial charge in [-0.15, -0.1) is 0 Å². The zero-order valence-corrected chi connectivity index (χ0v) is 18.6. The summed E-state index contributed by atoms with van der Waals surface area (Å²) in [6, 6.07) is 14.6.